The highest BCUT2D eigenvalue weighted by Crippen LogP contribution is 2.38. The van der Waals surface area contributed by atoms with Gasteiger partial charge in [-0.05, 0) is 49.4 Å². The second-order valence-corrected chi connectivity index (χ2v) is 8.54. The summed E-state index contributed by atoms with van der Waals surface area (Å²) >= 11 is 7.24. The minimum Gasteiger partial charge on any atom is -0.452 e. The molecule has 0 aliphatic heterocycles. The van der Waals surface area contributed by atoms with Gasteiger partial charge in [-0.1, -0.05) is 11.6 Å². The Kier molecular flexibility index (Phi) is 7.89. The molecular weight excluding hydrogens is 442 g/mol. The van der Waals surface area contributed by atoms with E-state index in [9.17, 15) is 14.4 Å². The molecular formula is C21H24ClN3O5S. The molecule has 1 aliphatic carbocycles. The number of carbonyl (C=O) groups excluding carboxylic acids is 3. The molecule has 0 saturated carbocycles. The number of ether oxygens (including phenoxy) is 2. The minimum absolute atomic E-state index is 0.194. The molecule has 2 amide bonds. The molecule has 10 heteroatoms. The molecule has 3 rings (SSSR count). The lowest BCUT2D eigenvalue weighted by Crippen LogP contribution is -2.29. The zero-order valence-electron chi connectivity index (χ0n) is 17.1. The summed E-state index contributed by atoms with van der Waals surface area (Å²) in [6.45, 7) is 0.273. The lowest BCUT2D eigenvalue weighted by Gasteiger charge is -2.13. The van der Waals surface area contributed by atoms with Crippen molar-refractivity contribution in [3.63, 3.8) is 0 Å². The van der Waals surface area contributed by atoms with Gasteiger partial charge < -0.3 is 25.8 Å². The van der Waals surface area contributed by atoms with Gasteiger partial charge in [-0.2, -0.15) is 0 Å². The number of nitrogens with one attached hydrogen (secondary N) is 2. The van der Waals surface area contributed by atoms with E-state index in [1.807, 2.05) is 0 Å². The van der Waals surface area contributed by atoms with Crippen molar-refractivity contribution in [2.24, 2.45) is 0 Å². The van der Waals surface area contributed by atoms with Crippen LogP contribution < -0.4 is 16.4 Å². The lowest BCUT2D eigenvalue weighted by atomic mass is 9.95. The Hall–Kier alpha value is -2.62. The maximum absolute atomic E-state index is 12.7. The molecule has 1 aliphatic rings. The van der Waals surface area contributed by atoms with Gasteiger partial charge in [0.05, 0.1) is 28.4 Å². The van der Waals surface area contributed by atoms with Crippen molar-refractivity contribution in [3.8, 4) is 0 Å². The molecule has 1 aromatic heterocycles. The van der Waals surface area contributed by atoms with Gasteiger partial charge in [0.15, 0.2) is 6.61 Å². The number of benzene rings is 1. The molecule has 0 spiro atoms. The average molecular weight is 466 g/mol. The maximum Gasteiger partial charge on any atom is 0.338 e. The Morgan fingerprint density at radius 1 is 1.23 bits per heavy atom. The number of nitrogen functional groups attached to an aromatic ring is 1. The number of rotatable bonds is 8. The highest BCUT2D eigenvalue weighted by atomic mass is 35.5. The highest BCUT2D eigenvalue weighted by molar-refractivity contribution is 7.17. The van der Waals surface area contributed by atoms with Gasteiger partial charge in [-0.25, -0.2) is 4.79 Å². The topological polar surface area (TPSA) is 120 Å². The number of hydrogen-bond acceptors (Lipinski definition) is 7. The highest BCUT2D eigenvalue weighted by Gasteiger charge is 2.26. The molecule has 166 valence electrons. The number of amides is 2. The van der Waals surface area contributed by atoms with Gasteiger partial charge in [0.1, 0.15) is 5.00 Å². The summed E-state index contributed by atoms with van der Waals surface area (Å²) in [5.41, 5.74) is 7.60. The molecule has 2 aromatic rings. The summed E-state index contributed by atoms with van der Waals surface area (Å²) in [4.78, 5) is 38.5. The standard InChI is InChI=1S/C21H24ClN3O5S/c1-29-9-8-24-19(27)18-13-4-2-3-5-16(13)31-20(18)25-17(26)11-30-21(28)12-6-7-14(22)15(23)10-12/h6-7,10H,2-5,8-9,11,23H2,1H3,(H,24,27)(H,25,26). The fraction of sp³-hybridized carbons (Fsp3) is 0.381. The number of methoxy groups -OCH3 is 1. The molecule has 1 aromatic carbocycles. The second-order valence-electron chi connectivity index (χ2n) is 7.02. The first kappa shape index (κ1) is 23.1. The first-order chi connectivity index (χ1) is 14.9. The average Bonchev–Trinajstić information content (AvgIpc) is 3.11. The normalized spacial score (nSPS) is 12.7. The molecule has 31 heavy (non-hydrogen) atoms. The Morgan fingerprint density at radius 3 is 2.74 bits per heavy atom. The van der Waals surface area contributed by atoms with Crippen LogP contribution >= 0.6 is 22.9 Å². The number of aryl methyl sites for hydroxylation is 1. The summed E-state index contributed by atoms with van der Waals surface area (Å²) in [6.07, 6.45) is 3.72. The van der Waals surface area contributed by atoms with E-state index >= 15 is 0 Å². The Morgan fingerprint density at radius 2 is 2.00 bits per heavy atom. The fourth-order valence-corrected chi connectivity index (χ4v) is 4.72. The van der Waals surface area contributed by atoms with Crippen molar-refractivity contribution >= 4 is 51.4 Å². The van der Waals surface area contributed by atoms with Crippen LogP contribution in [-0.2, 0) is 27.1 Å². The Balaban J connectivity index is 1.67. The molecule has 0 radical (unpaired) electrons. The summed E-state index contributed by atoms with van der Waals surface area (Å²) in [7, 11) is 1.56. The van der Waals surface area contributed by atoms with Crippen LogP contribution in [0.2, 0.25) is 5.02 Å². The minimum atomic E-state index is -0.693. The SMILES string of the molecule is COCCNC(=O)c1c(NC(=O)COC(=O)c2ccc(Cl)c(N)c2)sc2c1CCCC2. The van der Waals surface area contributed by atoms with Crippen LogP contribution in [0.3, 0.4) is 0 Å². The third-order valence-corrected chi connectivity index (χ3v) is 6.36. The summed E-state index contributed by atoms with van der Waals surface area (Å²) in [5, 5.41) is 6.34. The van der Waals surface area contributed by atoms with Crippen molar-refractivity contribution in [2.75, 3.05) is 37.9 Å². The summed E-state index contributed by atoms with van der Waals surface area (Å²) < 4.78 is 10.1. The summed E-state index contributed by atoms with van der Waals surface area (Å²) in [6, 6.07) is 4.34. The van der Waals surface area contributed by atoms with Crippen LogP contribution in [0.1, 0.15) is 44.0 Å². The van der Waals surface area contributed by atoms with Gasteiger partial charge in [0, 0.05) is 18.5 Å². The fourth-order valence-electron chi connectivity index (χ4n) is 3.30. The quantitative estimate of drug-likeness (QED) is 0.313. The van der Waals surface area contributed by atoms with E-state index < -0.39 is 18.5 Å². The molecule has 0 saturated heterocycles. The van der Waals surface area contributed by atoms with E-state index in [0.29, 0.717) is 28.7 Å². The predicted octanol–water partition coefficient (Wildman–Crippen LogP) is 3.03. The van der Waals surface area contributed by atoms with Gasteiger partial charge in [-0.3, -0.25) is 9.59 Å². The van der Waals surface area contributed by atoms with E-state index in [4.69, 9.17) is 26.8 Å². The zero-order valence-corrected chi connectivity index (χ0v) is 18.7. The van der Waals surface area contributed by atoms with Crippen LogP contribution in [0.15, 0.2) is 18.2 Å². The van der Waals surface area contributed by atoms with Gasteiger partial charge in [0.2, 0.25) is 0 Å². The van der Waals surface area contributed by atoms with E-state index in [-0.39, 0.29) is 17.2 Å². The van der Waals surface area contributed by atoms with Crippen molar-refractivity contribution in [1.29, 1.82) is 0 Å². The number of carbonyl (C=O) groups is 3. The summed E-state index contributed by atoms with van der Waals surface area (Å²) in [5.74, 6) is -1.47. The number of thiophene rings is 1. The second kappa shape index (κ2) is 10.6. The number of esters is 1. The lowest BCUT2D eigenvalue weighted by molar-refractivity contribution is -0.119. The molecule has 0 unspecified atom stereocenters. The number of halogens is 1. The zero-order chi connectivity index (χ0) is 22.4. The number of nitrogens with two attached hydrogens (primary N) is 1. The van der Waals surface area contributed by atoms with E-state index in [1.165, 1.54) is 29.5 Å². The van der Waals surface area contributed by atoms with Crippen LogP contribution in [-0.4, -0.2) is 44.7 Å². The van der Waals surface area contributed by atoms with Crippen LogP contribution in [0.5, 0.6) is 0 Å². The van der Waals surface area contributed by atoms with Gasteiger partial charge in [0.25, 0.3) is 11.8 Å². The van der Waals surface area contributed by atoms with Crippen molar-refractivity contribution < 1.29 is 23.9 Å². The van der Waals surface area contributed by atoms with Gasteiger partial charge in [-0.15, -0.1) is 11.3 Å². The number of hydrogen-bond donors (Lipinski definition) is 3. The van der Waals surface area contributed by atoms with Crippen molar-refractivity contribution in [2.45, 2.75) is 25.7 Å². The molecule has 0 atom stereocenters. The molecule has 1 heterocycles. The first-order valence-corrected chi connectivity index (χ1v) is 11.0. The number of anilines is 2. The van der Waals surface area contributed by atoms with Crippen molar-refractivity contribution in [3.05, 3.63) is 44.8 Å². The van der Waals surface area contributed by atoms with E-state index in [1.54, 1.807) is 7.11 Å². The largest absolute Gasteiger partial charge is 0.452 e. The van der Waals surface area contributed by atoms with E-state index in [0.717, 1.165) is 36.1 Å². The van der Waals surface area contributed by atoms with Crippen LogP contribution in [0.4, 0.5) is 10.7 Å². The monoisotopic (exact) mass is 465 g/mol. The maximum atomic E-state index is 12.7. The van der Waals surface area contributed by atoms with Crippen molar-refractivity contribution in [1.82, 2.24) is 5.32 Å². The van der Waals surface area contributed by atoms with E-state index in [2.05, 4.69) is 10.6 Å². The number of fused-ring (bicyclic) bond motifs is 1. The molecule has 4 N–H and O–H groups in total. The molecule has 8 nitrogen and oxygen atoms in total. The first-order valence-electron chi connectivity index (χ1n) is 9.84. The van der Waals surface area contributed by atoms with Gasteiger partial charge >= 0.3 is 5.97 Å². The van der Waals surface area contributed by atoms with Crippen LogP contribution in [0, 0.1) is 0 Å². The third kappa shape index (κ3) is 5.75. The molecule has 0 bridgehead atoms. The predicted molar refractivity (Wildman–Crippen MR) is 120 cm³/mol. The van der Waals surface area contributed by atoms with Crippen LogP contribution in [0.25, 0.3) is 0 Å². The molecule has 0 fully saturated rings. The smallest absolute Gasteiger partial charge is 0.338 e. The third-order valence-electron chi connectivity index (χ3n) is 4.81. The Bertz CT molecular complexity index is 992. The Labute approximate surface area is 189 Å².